The number of hydrogen-bond donors (Lipinski definition) is 1. The molecule has 1 amide bonds. The molecule has 0 bridgehead atoms. The third-order valence-corrected chi connectivity index (χ3v) is 6.29. The Kier molecular flexibility index (Phi) is 5.47. The van der Waals surface area contributed by atoms with Gasteiger partial charge in [0.05, 0.1) is 36.6 Å². The van der Waals surface area contributed by atoms with E-state index in [0.29, 0.717) is 4.31 Å². The fourth-order valence-electron chi connectivity index (χ4n) is 3.19. The Bertz CT molecular complexity index is 1100. The van der Waals surface area contributed by atoms with Crippen LogP contribution in [0.4, 0.5) is 0 Å². The first kappa shape index (κ1) is 20.6. The van der Waals surface area contributed by atoms with Gasteiger partial charge in [0.1, 0.15) is 10.6 Å². The molecule has 1 aliphatic rings. The van der Waals surface area contributed by atoms with Crippen LogP contribution in [0.1, 0.15) is 56.3 Å². The molecular formula is C19H20N2O7S. The molecule has 29 heavy (non-hydrogen) atoms. The van der Waals surface area contributed by atoms with Crippen molar-refractivity contribution in [1.29, 1.82) is 0 Å². The van der Waals surface area contributed by atoms with E-state index in [0.717, 1.165) is 0 Å². The van der Waals surface area contributed by atoms with Gasteiger partial charge < -0.3 is 14.5 Å². The smallest absolute Gasteiger partial charge is 0.355 e. The number of benzene rings is 1. The van der Waals surface area contributed by atoms with Gasteiger partial charge in [-0.1, -0.05) is 12.1 Å². The van der Waals surface area contributed by atoms with E-state index in [4.69, 9.17) is 9.47 Å². The van der Waals surface area contributed by atoms with E-state index in [1.54, 1.807) is 19.9 Å². The topological polar surface area (TPSA) is 123 Å². The van der Waals surface area contributed by atoms with Crippen molar-refractivity contribution in [2.24, 2.45) is 0 Å². The van der Waals surface area contributed by atoms with Crippen molar-refractivity contribution in [3.8, 4) is 0 Å². The molecule has 0 saturated heterocycles. The maximum atomic E-state index is 12.8. The van der Waals surface area contributed by atoms with E-state index in [9.17, 15) is 22.8 Å². The normalized spacial score (nSPS) is 14.6. The van der Waals surface area contributed by atoms with Crippen molar-refractivity contribution in [2.75, 3.05) is 13.2 Å². The standard InChI is InChI=1S/C19H20N2O7S/c1-4-27-18(23)15-11(3)16(19(24)28-5-2)20-13(15)10-21-17(22)12-8-6-7-9-14(12)29(21,25)26/h6-9,20H,4-5,10H2,1-3H3. The van der Waals surface area contributed by atoms with Crippen LogP contribution in [0.3, 0.4) is 0 Å². The lowest BCUT2D eigenvalue weighted by Crippen LogP contribution is -2.30. The van der Waals surface area contributed by atoms with Crippen LogP contribution in [0.15, 0.2) is 29.2 Å². The lowest BCUT2D eigenvalue weighted by molar-refractivity contribution is 0.0517. The third kappa shape index (κ3) is 3.39. The number of amides is 1. The Balaban J connectivity index is 2.07. The number of carbonyl (C=O) groups is 3. The van der Waals surface area contributed by atoms with Crippen molar-refractivity contribution in [2.45, 2.75) is 32.2 Å². The van der Waals surface area contributed by atoms with Crippen molar-refractivity contribution >= 4 is 27.9 Å². The number of hydrogen-bond acceptors (Lipinski definition) is 7. The third-order valence-electron chi connectivity index (χ3n) is 4.50. The molecule has 154 valence electrons. The van der Waals surface area contributed by atoms with Crippen molar-refractivity contribution < 1.29 is 32.3 Å². The number of nitrogens with one attached hydrogen (secondary N) is 1. The number of carbonyl (C=O) groups excluding carboxylic acids is 3. The Labute approximate surface area is 167 Å². The lowest BCUT2D eigenvalue weighted by Gasteiger charge is -2.15. The number of H-pyrrole nitrogens is 1. The Hall–Kier alpha value is -3.14. The van der Waals surface area contributed by atoms with Crippen LogP contribution in [0.25, 0.3) is 0 Å². The van der Waals surface area contributed by atoms with E-state index >= 15 is 0 Å². The summed E-state index contributed by atoms with van der Waals surface area (Å²) in [7, 11) is -4.09. The minimum Gasteiger partial charge on any atom is -0.462 e. The first-order chi connectivity index (χ1) is 13.7. The number of sulfonamides is 1. The molecule has 2 heterocycles. The molecule has 9 nitrogen and oxygen atoms in total. The van der Waals surface area contributed by atoms with Crippen molar-refractivity contribution in [3.63, 3.8) is 0 Å². The fraction of sp³-hybridized carbons (Fsp3) is 0.316. The number of aromatic nitrogens is 1. The summed E-state index contributed by atoms with van der Waals surface area (Å²) in [5, 5.41) is 0. The quantitative estimate of drug-likeness (QED) is 0.709. The van der Waals surface area contributed by atoms with E-state index in [1.807, 2.05) is 0 Å². The first-order valence-corrected chi connectivity index (χ1v) is 10.4. The highest BCUT2D eigenvalue weighted by atomic mass is 32.2. The molecule has 0 aliphatic carbocycles. The fourth-order valence-corrected chi connectivity index (χ4v) is 4.73. The summed E-state index contributed by atoms with van der Waals surface area (Å²) in [5.41, 5.74) is 0.409. The second-order valence-electron chi connectivity index (χ2n) is 6.23. The van der Waals surface area contributed by atoms with E-state index in [-0.39, 0.29) is 46.2 Å². The van der Waals surface area contributed by atoms with Crippen molar-refractivity contribution in [1.82, 2.24) is 9.29 Å². The van der Waals surface area contributed by atoms with Gasteiger partial charge in [0.2, 0.25) is 0 Å². The summed E-state index contributed by atoms with van der Waals surface area (Å²) in [4.78, 5) is 40.0. The average molecular weight is 420 g/mol. The molecule has 1 aromatic carbocycles. The zero-order valence-electron chi connectivity index (χ0n) is 16.1. The second-order valence-corrected chi connectivity index (χ2v) is 8.06. The van der Waals surface area contributed by atoms with Gasteiger partial charge in [-0.3, -0.25) is 4.79 Å². The van der Waals surface area contributed by atoms with Crippen LogP contribution < -0.4 is 0 Å². The molecule has 1 aromatic heterocycles. The lowest BCUT2D eigenvalue weighted by atomic mass is 10.1. The highest BCUT2D eigenvalue weighted by Gasteiger charge is 2.42. The summed E-state index contributed by atoms with van der Waals surface area (Å²) >= 11 is 0. The minimum atomic E-state index is -4.09. The molecule has 0 unspecified atom stereocenters. The number of ether oxygens (including phenoxy) is 2. The second kappa shape index (κ2) is 7.70. The monoisotopic (exact) mass is 420 g/mol. The van der Waals surface area contributed by atoms with Crippen LogP contribution in [0, 0.1) is 6.92 Å². The highest BCUT2D eigenvalue weighted by molar-refractivity contribution is 7.90. The minimum absolute atomic E-state index is 0.00598. The zero-order valence-corrected chi connectivity index (χ0v) is 17.0. The molecule has 3 rings (SSSR count). The number of nitrogens with zero attached hydrogens (tertiary/aromatic N) is 1. The van der Waals surface area contributed by atoms with Crippen LogP contribution in [0.2, 0.25) is 0 Å². The molecule has 10 heteroatoms. The molecule has 0 radical (unpaired) electrons. The SMILES string of the molecule is CCOC(=O)c1[nH]c(CN2C(=O)c3ccccc3S2(=O)=O)c(C(=O)OCC)c1C. The van der Waals surface area contributed by atoms with Gasteiger partial charge in [-0.25, -0.2) is 22.3 Å². The summed E-state index contributed by atoms with van der Waals surface area (Å²) in [6.45, 7) is 4.53. The summed E-state index contributed by atoms with van der Waals surface area (Å²) in [6.07, 6.45) is 0. The average Bonchev–Trinajstić information content (AvgIpc) is 3.10. The Morgan fingerprint density at radius 2 is 1.69 bits per heavy atom. The molecular weight excluding hydrogens is 400 g/mol. The summed E-state index contributed by atoms with van der Waals surface area (Å²) < 4.78 is 36.3. The molecule has 0 fully saturated rings. The van der Waals surface area contributed by atoms with Crippen LogP contribution in [-0.2, 0) is 26.0 Å². The molecule has 0 saturated carbocycles. The maximum absolute atomic E-state index is 12.8. The van der Waals surface area contributed by atoms with Crippen molar-refractivity contribution in [3.05, 3.63) is 52.3 Å². The first-order valence-electron chi connectivity index (χ1n) is 8.95. The van der Waals surface area contributed by atoms with Gasteiger partial charge in [0.15, 0.2) is 0 Å². The largest absolute Gasteiger partial charge is 0.462 e. The van der Waals surface area contributed by atoms with Gasteiger partial charge in [-0.15, -0.1) is 0 Å². The van der Waals surface area contributed by atoms with Crippen LogP contribution in [0.5, 0.6) is 0 Å². The Morgan fingerprint density at radius 3 is 2.31 bits per heavy atom. The van der Waals surface area contributed by atoms with Gasteiger partial charge in [-0.2, -0.15) is 0 Å². The number of fused-ring (bicyclic) bond motifs is 1. The molecule has 2 aromatic rings. The highest BCUT2D eigenvalue weighted by Crippen LogP contribution is 2.32. The predicted octanol–water partition coefficient (Wildman–Crippen LogP) is 2.02. The van der Waals surface area contributed by atoms with Gasteiger partial charge in [0, 0.05) is 0 Å². The molecule has 1 aliphatic heterocycles. The van der Waals surface area contributed by atoms with E-state index < -0.39 is 34.4 Å². The molecule has 0 spiro atoms. The number of aromatic amines is 1. The number of rotatable bonds is 6. The Morgan fingerprint density at radius 1 is 1.07 bits per heavy atom. The maximum Gasteiger partial charge on any atom is 0.355 e. The van der Waals surface area contributed by atoms with Crippen LogP contribution >= 0.6 is 0 Å². The van der Waals surface area contributed by atoms with E-state index in [1.165, 1.54) is 25.1 Å². The summed E-state index contributed by atoms with van der Waals surface area (Å²) in [5.74, 6) is -2.13. The van der Waals surface area contributed by atoms with Gasteiger partial charge in [-0.05, 0) is 38.5 Å². The van der Waals surface area contributed by atoms with Crippen LogP contribution in [-0.4, -0.2) is 48.8 Å². The van der Waals surface area contributed by atoms with E-state index in [2.05, 4.69) is 4.98 Å². The number of esters is 2. The van der Waals surface area contributed by atoms with Gasteiger partial charge in [0.25, 0.3) is 15.9 Å². The zero-order chi connectivity index (χ0) is 21.3. The summed E-state index contributed by atoms with van der Waals surface area (Å²) in [6, 6.07) is 5.86. The predicted molar refractivity (Wildman–Crippen MR) is 101 cm³/mol. The van der Waals surface area contributed by atoms with Gasteiger partial charge >= 0.3 is 11.9 Å². The molecule has 1 N–H and O–H groups in total. The molecule has 0 atom stereocenters.